The molecule has 0 saturated carbocycles. The van der Waals surface area contributed by atoms with Gasteiger partial charge in [-0.1, -0.05) is 0 Å². The van der Waals surface area contributed by atoms with Crippen LogP contribution in [0.5, 0.6) is 0 Å². The number of rotatable bonds is 3. The molecule has 76 valence electrons. The largest absolute Gasteiger partial charge is 0.476 e. The lowest BCUT2D eigenvalue weighted by Gasteiger charge is -2.01. The van der Waals surface area contributed by atoms with E-state index in [0.29, 0.717) is 0 Å². The number of nitrogens with zero attached hydrogens (tertiary/aromatic N) is 3. The maximum absolute atomic E-state index is 10.7. The molecule has 0 spiro atoms. The summed E-state index contributed by atoms with van der Waals surface area (Å²) in [5.41, 5.74) is -0.174. The molecule has 0 radical (unpaired) electrons. The number of aromatic carboxylic acids is 1. The minimum absolute atomic E-state index is 0.174. The zero-order valence-corrected chi connectivity index (χ0v) is 7.67. The van der Waals surface area contributed by atoms with Crippen LogP contribution in [0.25, 0.3) is 0 Å². The molecule has 0 fully saturated rings. The van der Waals surface area contributed by atoms with Crippen LogP contribution in [0.1, 0.15) is 30.4 Å². The van der Waals surface area contributed by atoms with Crippen LogP contribution in [-0.2, 0) is 0 Å². The number of carboxylic acids is 1. The van der Waals surface area contributed by atoms with Crippen molar-refractivity contribution in [1.29, 1.82) is 0 Å². The summed E-state index contributed by atoms with van der Waals surface area (Å²) < 4.78 is 1.11. The monoisotopic (exact) mass is 199 g/mol. The van der Waals surface area contributed by atoms with E-state index in [1.165, 1.54) is 0 Å². The lowest BCUT2D eigenvalue weighted by molar-refractivity contribution is -0.389. The van der Waals surface area contributed by atoms with E-state index >= 15 is 0 Å². The predicted octanol–water partition coefficient (Wildman–Crippen LogP) is 1.07. The summed E-state index contributed by atoms with van der Waals surface area (Å²) in [7, 11) is 0. The molecule has 14 heavy (non-hydrogen) atoms. The Morgan fingerprint density at radius 3 is 2.57 bits per heavy atom. The number of aromatic nitrogens is 2. The molecule has 1 aromatic rings. The molecular formula is C7H9N3O4. The van der Waals surface area contributed by atoms with E-state index in [2.05, 4.69) is 5.10 Å². The second kappa shape index (κ2) is 3.44. The Hall–Kier alpha value is -1.92. The van der Waals surface area contributed by atoms with Crippen molar-refractivity contribution in [2.75, 3.05) is 0 Å². The van der Waals surface area contributed by atoms with Gasteiger partial charge < -0.3 is 15.2 Å². The first-order chi connectivity index (χ1) is 6.43. The Balaban J connectivity index is 3.26. The third kappa shape index (κ3) is 1.70. The van der Waals surface area contributed by atoms with Gasteiger partial charge in [-0.15, -0.1) is 0 Å². The van der Waals surface area contributed by atoms with E-state index in [1.807, 2.05) is 0 Å². The maximum Gasteiger partial charge on any atom is 0.390 e. The molecule has 7 nitrogen and oxygen atoms in total. The third-order valence-electron chi connectivity index (χ3n) is 1.62. The van der Waals surface area contributed by atoms with Crippen LogP contribution in [0.2, 0.25) is 0 Å². The van der Waals surface area contributed by atoms with Crippen LogP contribution in [0.3, 0.4) is 0 Å². The van der Waals surface area contributed by atoms with Gasteiger partial charge in [0, 0.05) is 0 Å². The predicted molar refractivity (Wildman–Crippen MR) is 46.2 cm³/mol. The number of hydrogen-bond donors (Lipinski definition) is 1. The molecule has 0 aliphatic carbocycles. The molecule has 0 amide bonds. The van der Waals surface area contributed by atoms with Gasteiger partial charge in [0.25, 0.3) is 0 Å². The van der Waals surface area contributed by atoms with Crippen molar-refractivity contribution < 1.29 is 14.8 Å². The highest BCUT2D eigenvalue weighted by molar-refractivity contribution is 5.86. The molecule has 1 N–H and O–H groups in total. The smallest absolute Gasteiger partial charge is 0.390 e. The van der Waals surface area contributed by atoms with Gasteiger partial charge in [-0.2, -0.15) is 4.68 Å². The number of carbonyl (C=O) groups is 1. The first-order valence-corrected chi connectivity index (χ1v) is 3.90. The highest BCUT2D eigenvalue weighted by atomic mass is 16.6. The van der Waals surface area contributed by atoms with Crippen molar-refractivity contribution in [1.82, 2.24) is 9.78 Å². The van der Waals surface area contributed by atoms with Crippen LogP contribution < -0.4 is 0 Å². The van der Waals surface area contributed by atoms with Gasteiger partial charge >= 0.3 is 11.8 Å². The van der Waals surface area contributed by atoms with Crippen molar-refractivity contribution in [3.8, 4) is 0 Å². The van der Waals surface area contributed by atoms with Crippen molar-refractivity contribution in [2.45, 2.75) is 19.9 Å². The molecule has 0 aromatic carbocycles. The first-order valence-electron chi connectivity index (χ1n) is 3.90. The van der Waals surface area contributed by atoms with Crippen LogP contribution in [0, 0.1) is 10.1 Å². The lowest BCUT2D eigenvalue weighted by atomic mass is 10.3. The quantitative estimate of drug-likeness (QED) is 0.579. The summed E-state index contributed by atoms with van der Waals surface area (Å²) in [6, 6.07) is 0.720. The van der Waals surface area contributed by atoms with E-state index < -0.39 is 16.7 Å². The summed E-state index contributed by atoms with van der Waals surface area (Å²) >= 11 is 0. The Labute approximate surface area is 79.1 Å². The summed E-state index contributed by atoms with van der Waals surface area (Å²) in [5, 5.41) is 22.6. The third-order valence-corrected chi connectivity index (χ3v) is 1.62. The van der Waals surface area contributed by atoms with Gasteiger partial charge in [0.05, 0.1) is 17.2 Å². The molecule has 1 rings (SSSR count). The fraction of sp³-hybridized carbons (Fsp3) is 0.429. The van der Waals surface area contributed by atoms with E-state index in [-0.39, 0.29) is 11.7 Å². The first kappa shape index (κ1) is 10.2. The average Bonchev–Trinajstić information content (AvgIpc) is 2.47. The molecule has 0 atom stereocenters. The SMILES string of the molecule is CC(C)n1nc([N+](=O)[O-])cc1C(=O)O. The fourth-order valence-corrected chi connectivity index (χ4v) is 1.02. The molecule has 0 saturated heterocycles. The number of hydrogen-bond acceptors (Lipinski definition) is 4. The average molecular weight is 199 g/mol. The summed E-state index contributed by atoms with van der Waals surface area (Å²) in [6.45, 7) is 3.40. The van der Waals surface area contributed by atoms with Gasteiger partial charge in [-0.3, -0.25) is 0 Å². The molecule has 0 aliphatic rings. The molecule has 1 aromatic heterocycles. The Morgan fingerprint density at radius 1 is 1.71 bits per heavy atom. The second-order valence-electron chi connectivity index (χ2n) is 2.99. The fourth-order valence-electron chi connectivity index (χ4n) is 1.02. The standard InChI is InChI=1S/C7H9N3O4/c1-4(2)9-5(7(11)12)3-6(8-9)10(13)14/h3-4H,1-2H3,(H,11,12). The Bertz CT molecular complexity index is 382. The van der Waals surface area contributed by atoms with Gasteiger partial charge in [-0.05, 0) is 18.8 Å². The molecule has 0 unspecified atom stereocenters. The van der Waals surface area contributed by atoms with Gasteiger partial charge in [0.2, 0.25) is 0 Å². The van der Waals surface area contributed by atoms with E-state index in [0.717, 1.165) is 10.7 Å². The van der Waals surface area contributed by atoms with Crippen molar-refractivity contribution in [2.24, 2.45) is 0 Å². The lowest BCUT2D eigenvalue weighted by Crippen LogP contribution is -2.11. The minimum atomic E-state index is -1.22. The van der Waals surface area contributed by atoms with E-state index in [9.17, 15) is 14.9 Å². The summed E-state index contributed by atoms with van der Waals surface area (Å²) in [5.74, 6) is -1.67. The highest BCUT2D eigenvalue weighted by Gasteiger charge is 2.24. The van der Waals surface area contributed by atoms with Crippen molar-refractivity contribution in [3.63, 3.8) is 0 Å². The highest BCUT2D eigenvalue weighted by Crippen LogP contribution is 2.16. The van der Waals surface area contributed by atoms with E-state index in [1.54, 1.807) is 13.8 Å². The normalized spacial score (nSPS) is 10.5. The molecule has 0 bridgehead atoms. The van der Waals surface area contributed by atoms with Crippen LogP contribution in [0.4, 0.5) is 5.82 Å². The summed E-state index contributed by atoms with van der Waals surface area (Å²) in [6.07, 6.45) is 0. The van der Waals surface area contributed by atoms with Crippen molar-refractivity contribution in [3.05, 3.63) is 21.9 Å². The minimum Gasteiger partial charge on any atom is -0.476 e. The zero-order chi connectivity index (χ0) is 10.9. The van der Waals surface area contributed by atoms with Crippen LogP contribution in [-0.4, -0.2) is 25.8 Å². The topological polar surface area (TPSA) is 98.3 Å². The Morgan fingerprint density at radius 2 is 2.29 bits per heavy atom. The van der Waals surface area contributed by atoms with Crippen LogP contribution in [0.15, 0.2) is 6.07 Å². The van der Waals surface area contributed by atoms with Gasteiger partial charge in [0.1, 0.15) is 0 Å². The summed E-state index contributed by atoms with van der Waals surface area (Å²) in [4.78, 5) is 20.3. The molecule has 1 heterocycles. The molecule has 0 aliphatic heterocycles. The molecule has 7 heteroatoms. The van der Waals surface area contributed by atoms with Gasteiger partial charge in [-0.25, -0.2) is 4.79 Å². The zero-order valence-electron chi connectivity index (χ0n) is 7.67. The number of carboxylic acid groups (broad SMARTS) is 1. The van der Waals surface area contributed by atoms with Crippen LogP contribution >= 0.6 is 0 Å². The molecular weight excluding hydrogens is 190 g/mol. The van der Waals surface area contributed by atoms with Crippen molar-refractivity contribution >= 4 is 11.8 Å². The second-order valence-corrected chi connectivity index (χ2v) is 2.99. The Kier molecular flexibility index (Phi) is 2.50. The maximum atomic E-state index is 10.7. The van der Waals surface area contributed by atoms with Gasteiger partial charge in [0.15, 0.2) is 5.69 Å². The van der Waals surface area contributed by atoms with E-state index in [4.69, 9.17) is 5.11 Å². The number of nitro groups is 1.